The van der Waals surface area contributed by atoms with Gasteiger partial charge in [-0.25, -0.2) is 22.5 Å². The van der Waals surface area contributed by atoms with Crippen molar-refractivity contribution in [3.05, 3.63) is 90.4 Å². The molecule has 0 unspecified atom stereocenters. The number of benzene rings is 3. The molecule has 1 fully saturated rings. The molecule has 3 aromatic carbocycles. The third-order valence-corrected chi connectivity index (χ3v) is 9.38. The number of alkyl halides is 6. The highest BCUT2D eigenvalue weighted by Gasteiger charge is 2.35. The second-order valence-corrected chi connectivity index (χ2v) is 12.5. The summed E-state index contributed by atoms with van der Waals surface area (Å²) in [5, 5.41) is 7.90. The maximum Gasteiger partial charge on any atom is 0.573 e. The lowest BCUT2D eigenvalue weighted by molar-refractivity contribution is -0.274. The highest BCUT2D eigenvalue weighted by Crippen LogP contribution is 2.36. The van der Waals surface area contributed by atoms with E-state index in [1.54, 1.807) is 6.07 Å². The number of aryl methyl sites for hydroxylation is 1. The van der Waals surface area contributed by atoms with Gasteiger partial charge in [0.15, 0.2) is 5.69 Å². The first kappa shape index (κ1) is 32.2. The van der Waals surface area contributed by atoms with Crippen molar-refractivity contribution in [1.82, 2.24) is 28.9 Å². The van der Waals surface area contributed by atoms with E-state index in [9.17, 15) is 34.8 Å². The van der Waals surface area contributed by atoms with Crippen LogP contribution in [-0.2, 0) is 16.2 Å². The molecule has 9 nitrogen and oxygen atoms in total. The Labute approximate surface area is 262 Å². The van der Waals surface area contributed by atoms with Crippen molar-refractivity contribution in [3.8, 4) is 39.5 Å². The van der Waals surface area contributed by atoms with Crippen molar-refractivity contribution in [3.63, 3.8) is 0 Å². The van der Waals surface area contributed by atoms with Gasteiger partial charge in [-0.1, -0.05) is 17.3 Å². The third kappa shape index (κ3) is 6.44. The van der Waals surface area contributed by atoms with Crippen LogP contribution >= 0.6 is 0 Å². The van der Waals surface area contributed by atoms with Crippen LogP contribution in [0, 0.1) is 12.7 Å². The van der Waals surface area contributed by atoms with E-state index in [-0.39, 0.29) is 44.5 Å². The van der Waals surface area contributed by atoms with Crippen LogP contribution in [0.2, 0.25) is 0 Å². The number of sulfonamides is 1. The Morgan fingerprint density at radius 1 is 0.872 bits per heavy atom. The van der Waals surface area contributed by atoms with Crippen LogP contribution in [0.1, 0.15) is 24.4 Å². The zero-order valence-corrected chi connectivity index (χ0v) is 25.0. The van der Waals surface area contributed by atoms with Crippen LogP contribution in [0.4, 0.5) is 30.7 Å². The van der Waals surface area contributed by atoms with E-state index in [1.807, 2.05) is 0 Å². The second-order valence-electron chi connectivity index (χ2n) is 10.6. The zero-order valence-electron chi connectivity index (χ0n) is 24.2. The minimum Gasteiger partial charge on any atom is -0.406 e. The Balaban J connectivity index is 1.52. The van der Waals surface area contributed by atoms with E-state index >= 15 is 4.39 Å². The van der Waals surface area contributed by atoms with Crippen LogP contribution < -0.4 is 4.74 Å². The van der Waals surface area contributed by atoms with Crippen LogP contribution in [-0.4, -0.2) is 56.7 Å². The van der Waals surface area contributed by atoms with Gasteiger partial charge in [0.05, 0.1) is 22.5 Å². The molecule has 0 saturated carbocycles. The van der Waals surface area contributed by atoms with Gasteiger partial charge >= 0.3 is 12.5 Å². The minimum absolute atomic E-state index is 0.0224. The Bertz CT molecular complexity index is 2050. The van der Waals surface area contributed by atoms with Gasteiger partial charge in [0.1, 0.15) is 23.1 Å². The molecule has 1 saturated heterocycles. The van der Waals surface area contributed by atoms with Crippen LogP contribution in [0.15, 0.2) is 78.0 Å². The van der Waals surface area contributed by atoms with E-state index in [0.717, 1.165) is 40.3 Å². The summed E-state index contributed by atoms with van der Waals surface area (Å²) in [4.78, 5) is 3.52. The first-order valence-electron chi connectivity index (χ1n) is 14.0. The number of hydrogen-bond donors (Lipinski definition) is 0. The van der Waals surface area contributed by atoms with E-state index in [0.29, 0.717) is 19.3 Å². The molecule has 17 heteroatoms. The Morgan fingerprint density at radius 3 is 2.21 bits per heavy atom. The number of ether oxygens (including phenoxy) is 1. The molecule has 0 aliphatic carbocycles. The molecule has 0 radical (unpaired) electrons. The van der Waals surface area contributed by atoms with Gasteiger partial charge in [-0.3, -0.25) is 4.57 Å². The molecule has 47 heavy (non-hydrogen) atoms. The fraction of sp³-hybridized carbons (Fsp3) is 0.233. The monoisotopic (exact) mass is 680 g/mol. The van der Waals surface area contributed by atoms with Crippen LogP contribution in [0.5, 0.6) is 5.75 Å². The van der Waals surface area contributed by atoms with E-state index in [4.69, 9.17) is 0 Å². The molecule has 2 aromatic heterocycles. The van der Waals surface area contributed by atoms with Gasteiger partial charge in [-0.2, -0.15) is 17.5 Å². The summed E-state index contributed by atoms with van der Waals surface area (Å²) in [6.45, 7) is 1.98. The van der Waals surface area contributed by atoms with Gasteiger partial charge in [0.2, 0.25) is 10.0 Å². The predicted molar refractivity (Wildman–Crippen MR) is 154 cm³/mol. The summed E-state index contributed by atoms with van der Waals surface area (Å²) in [5.74, 6) is -1.72. The number of rotatable bonds is 7. The predicted octanol–water partition coefficient (Wildman–Crippen LogP) is 6.94. The highest BCUT2D eigenvalue weighted by atomic mass is 32.2. The van der Waals surface area contributed by atoms with Crippen molar-refractivity contribution in [1.29, 1.82) is 0 Å². The first-order chi connectivity index (χ1) is 22.1. The molecule has 246 valence electrons. The summed E-state index contributed by atoms with van der Waals surface area (Å²) in [6.07, 6.45) is -6.47. The standard InChI is InChI=1S/C30H23F7N6O3S/c1-18-39-27(29(32,33)34)17-42(18)28-24(31)14-21(20-5-4-6-23(13-20)47(44,45)41-11-2-3-12-41)15-25(28)43-26(16-38-40-43)19-7-9-22(10-8-19)46-30(35,36)37/h4-10,13-17H,2-3,11-12H2,1H3. The van der Waals surface area contributed by atoms with E-state index in [1.165, 1.54) is 53.8 Å². The Kier molecular flexibility index (Phi) is 8.07. The quantitative estimate of drug-likeness (QED) is 0.173. The number of hydrogen-bond acceptors (Lipinski definition) is 6. The summed E-state index contributed by atoms with van der Waals surface area (Å²) < 4.78 is 129. The van der Waals surface area contributed by atoms with Crippen molar-refractivity contribution < 1.29 is 43.9 Å². The molecule has 0 atom stereocenters. The lowest BCUT2D eigenvalue weighted by atomic mass is 10.0. The number of halogens is 7. The fourth-order valence-corrected chi connectivity index (χ4v) is 6.90. The largest absolute Gasteiger partial charge is 0.573 e. The van der Waals surface area contributed by atoms with Crippen molar-refractivity contribution >= 4 is 10.0 Å². The molecule has 0 N–H and O–H groups in total. The molecule has 0 bridgehead atoms. The lowest BCUT2D eigenvalue weighted by Crippen LogP contribution is -2.27. The minimum atomic E-state index is -4.93. The molecule has 3 heterocycles. The average Bonchev–Trinajstić information content (AvgIpc) is 3.78. The summed E-state index contributed by atoms with van der Waals surface area (Å²) >= 11 is 0. The van der Waals surface area contributed by atoms with Gasteiger partial charge in [-0.05, 0) is 79.4 Å². The van der Waals surface area contributed by atoms with Crippen molar-refractivity contribution in [2.45, 2.75) is 37.2 Å². The van der Waals surface area contributed by atoms with Gasteiger partial charge in [0, 0.05) is 24.8 Å². The maximum atomic E-state index is 16.2. The van der Waals surface area contributed by atoms with Crippen LogP contribution in [0.25, 0.3) is 33.8 Å². The lowest BCUT2D eigenvalue weighted by Gasteiger charge is -2.18. The van der Waals surface area contributed by atoms with Gasteiger partial charge < -0.3 is 4.74 Å². The third-order valence-electron chi connectivity index (χ3n) is 7.49. The fourth-order valence-electron chi connectivity index (χ4n) is 5.34. The average molecular weight is 681 g/mol. The van der Waals surface area contributed by atoms with Crippen LogP contribution in [0.3, 0.4) is 0 Å². The number of nitrogens with zero attached hydrogens (tertiary/aromatic N) is 6. The van der Waals surface area contributed by atoms with Crippen molar-refractivity contribution in [2.75, 3.05) is 13.1 Å². The molecule has 1 aliphatic heterocycles. The normalized spacial score (nSPS) is 14.6. The smallest absolute Gasteiger partial charge is 0.406 e. The zero-order chi connectivity index (χ0) is 33.7. The van der Waals surface area contributed by atoms with Gasteiger partial charge in [0.25, 0.3) is 0 Å². The second kappa shape index (κ2) is 11.8. The maximum absolute atomic E-state index is 16.2. The molecule has 1 aliphatic rings. The summed E-state index contributed by atoms with van der Waals surface area (Å²) in [6, 6.07) is 12.9. The SMILES string of the molecule is Cc1nc(C(F)(F)F)cn1-c1c(F)cc(-c2cccc(S(=O)(=O)N3CCCC3)c2)cc1-n1nncc1-c1ccc(OC(F)(F)F)cc1. The highest BCUT2D eigenvalue weighted by molar-refractivity contribution is 7.89. The van der Waals surface area contributed by atoms with Crippen molar-refractivity contribution in [2.24, 2.45) is 0 Å². The first-order valence-corrected chi connectivity index (χ1v) is 15.4. The molecular weight excluding hydrogens is 657 g/mol. The van der Waals surface area contributed by atoms with E-state index in [2.05, 4.69) is 20.0 Å². The number of imidazole rings is 1. The van der Waals surface area contributed by atoms with E-state index < -0.39 is 39.8 Å². The molecule has 0 amide bonds. The summed E-state index contributed by atoms with van der Waals surface area (Å²) in [7, 11) is -3.85. The molecule has 0 spiro atoms. The van der Waals surface area contributed by atoms with Gasteiger partial charge in [-0.15, -0.1) is 18.3 Å². The Morgan fingerprint density at radius 2 is 1.57 bits per heavy atom. The topological polar surface area (TPSA) is 95.1 Å². The Hall–Kier alpha value is -4.77. The molecule has 6 rings (SSSR count). The number of aromatic nitrogens is 5. The molecular formula is C30H23F7N6O3S. The summed E-state index contributed by atoms with van der Waals surface area (Å²) in [5.41, 5.74) is -0.944. The molecule has 5 aromatic rings.